The average Bonchev–Trinajstić information content (AvgIpc) is 2.46. The van der Waals surface area contributed by atoms with Crippen LogP contribution in [0.2, 0.25) is 5.02 Å². The number of halogens is 1. The maximum Gasteiger partial charge on any atom is 0.0737 e. The van der Waals surface area contributed by atoms with Crippen LogP contribution in [0.1, 0.15) is 25.7 Å². The van der Waals surface area contributed by atoms with Gasteiger partial charge in [-0.3, -0.25) is 4.98 Å². The van der Waals surface area contributed by atoms with Crippen molar-refractivity contribution in [2.24, 2.45) is 11.7 Å². The van der Waals surface area contributed by atoms with Crippen molar-refractivity contribution in [3.63, 3.8) is 0 Å². The molecule has 1 aromatic heterocycles. The number of anilines is 1. The number of nitrogens with two attached hydrogens (primary N) is 1. The van der Waals surface area contributed by atoms with Gasteiger partial charge in [-0.25, -0.2) is 0 Å². The SMILES string of the molecule is NC1CCCCC1CNc1ccnc2cc(Cl)ccc12. The van der Waals surface area contributed by atoms with Crippen molar-refractivity contribution in [2.45, 2.75) is 31.7 Å². The van der Waals surface area contributed by atoms with E-state index in [2.05, 4.69) is 10.3 Å². The molecule has 1 saturated carbocycles. The van der Waals surface area contributed by atoms with Crippen molar-refractivity contribution >= 4 is 28.2 Å². The van der Waals surface area contributed by atoms with E-state index in [-0.39, 0.29) is 0 Å². The molecular weight excluding hydrogens is 270 g/mol. The van der Waals surface area contributed by atoms with Crippen molar-refractivity contribution in [1.29, 1.82) is 0 Å². The van der Waals surface area contributed by atoms with Crippen LogP contribution in [0.4, 0.5) is 5.69 Å². The Morgan fingerprint density at radius 1 is 1.25 bits per heavy atom. The third-order valence-corrected chi connectivity index (χ3v) is 4.46. The maximum atomic E-state index is 6.21. The average molecular weight is 290 g/mol. The molecule has 0 aliphatic heterocycles. The van der Waals surface area contributed by atoms with Gasteiger partial charge in [0.25, 0.3) is 0 Å². The Morgan fingerprint density at radius 2 is 2.10 bits per heavy atom. The summed E-state index contributed by atoms with van der Waals surface area (Å²) in [7, 11) is 0. The molecule has 3 nitrogen and oxygen atoms in total. The molecule has 1 heterocycles. The lowest BCUT2D eigenvalue weighted by molar-refractivity contribution is 0.321. The highest BCUT2D eigenvalue weighted by Crippen LogP contribution is 2.27. The first kappa shape index (κ1) is 13.7. The van der Waals surface area contributed by atoms with Gasteiger partial charge < -0.3 is 11.1 Å². The van der Waals surface area contributed by atoms with E-state index < -0.39 is 0 Å². The summed E-state index contributed by atoms with van der Waals surface area (Å²) in [6, 6.07) is 8.18. The van der Waals surface area contributed by atoms with Gasteiger partial charge in [0.15, 0.2) is 0 Å². The molecule has 106 valence electrons. The van der Waals surface area contributed by atoms with E-state index in [1.165, 1.54) is 19.3 Å². The number of nitrogens with one attached hydrogen (secondary N) is 1. The lowest BCUT2D eigenvalue weighted by atomic mass is 9.85. The van der Waals surface area contributed by atoms with E-state index in [0.717, 1.165) is 34.6 Å². The summed E-state index contributed by atoms with van der Waals surface area (Å²) < 4.78 is 0. The van der Waals surface area contributed by atoms with E-state index >= 15 is 0 Å². The van der Waals surface area contributed by atoms with Crippen LogP contribution in [-0.4, -0.2) is 17.6 Å². The Balaban J connectivity index is 1.77. The van der Waals surface area contributed by atoms with Crippen LogP contribution in [0.3, 0.4) is 0 Å². The molecule has 2 unspecified atom stereocenters. The molecule has 1 aliphatic carbocycles. The first-order valence-corrected chi connectivity index (χ1v) is 7.65. The van der Waals surface area contributed by atoms with Crippen LogP contribution in [0.5, 0.6) is 0 Å². The van der Waals surface area contributed by atoms with E-state index in [1.807, 2.05) is 30.5 Å². The first-order chi connectivity index (χ1) is 9.74. The van der Waals surface area contributed by atoms with Gasteiger partial charge in [0.2, 0.25) is 0 Å². The van der Waals surface area contributed by atoms with E-state index in [9.17, 15) is 0 Å². The van der Waals surface area contributed by atoms with Gasteiger partial charge in [-0.2, -0.15) is 0 Å². The minimum Gasteiger partial charge on any atom is -0.384 e. The van der Waals surface area contributed by atoms with Crippen molar-refractivity contribution in [2.75, 3.05) is 11.9 Å². The highest BCUT2D eigenvalue weighted by atomic mass is 35.5. The molecule has 20 heavy (non-hydrogen) atoms. The molecule has 1 aromatic carbocycles. The van der Waals surface area contributed by atoms with E-state index in [0.29, 0.717) is 12.0 Å². The highest BCUT2D eigenvalue weighted by molar-refractivity contribution is 6.31. The van der Waals surface area contributed by atoms with E-state index in [1.54, 1.807) is 0 Å². The zero-order valence-electron chi connectivity index (χ0n) is 11.5. The molecule has 2 atom stereocenters. The Labute approximate surface area is 124 Å². The summed E-state index contributed by atoms with van der Waals surface area (Å²) in [5.74, 6) is 0.569. The molecule has 0 amide bonds. The Bertz CT molecular complexity index is 599. The molecule has 4 heteroatoms. The van der Waals surface area contributed by atoms with Crippen LogP contribution in [0, 0.1) is 5.92 Å². The van der Waals surface area contributed by atoms with Crippen molar-refractivity contribution in [3.05, 3.63) is 35.5 Å². The Morgan fingerprint density at radius 3 is 2.95 bits per heavy atom. The van der Waals surface area contributed by atoms with Crippen LogP contribution >= 0.6 is 11.6 Å². The first-order valence-electron chi connectivity index (χ1n) is 7.28. The number of aromatic nitrogens is 1. The zero-order chi connectivity index (χ0) is 13.9. The molecule has 2 aromatic rings. The fourth-order valence-corrected chi connectivity index (χ4v) is 3.17. The normalized spacial score (nSPS) is 22.9. The Hall–Kier alpha value is -1.32. The minimum absolute atomic E-state index is 0.332. The number of benzene rings is 1. The van der Waals surface area contributed by atoms with Gasteiger partial charge in [0, 0.05) is 34.9 Å². The quantitative estimate of drug-likeness (QED) is 0.903. The van der Waals surface area contributed by atoms with Crippen molar-refractivity contribution in [1.82, 2.24) is 4.98 Å². The summed E-state index contributed by atoms with van der Waals surface area (Å²) in [5, 5.41) is 5.38. The van der Waals surface area contributed by atoms with Crippen LogP contribution in [0.15, 0.2) is 30.5 Å². The highest BCUT2D eigenvalue weighted by Gasteiger charge is 2.21. The summed E-state index contributed by atoms with van der Waals surface area (Å²) in [5.41, 5.74) is 8.25. The van der Waals surface area contributed by atoms with Gasteiger partial charge in [0.05, 0.1) is 5.52 Å². The van der Waals surface area contributed by atoms with Gasteiger partial charge in [0.1, 0.15) is 0 Å². The number of fused-ring (bicyclic) bond motifs is 1. The van der Waals surface area contributed by atoms with Gasteiger partial charge in [-0.05, 0) is 43.0 Å². The second-order valence-corrected chi connectivity index (χ2v) is 6.05. The molecule has 1 aliphatic rings. The lowest BCUT2D eigenvalue weighted by Crippen LogP contribution is -2.37. The minimum atomic E-state index is 0.332. The number of nitrogens with zero attached hydrogens (tertiary/aromatic N) is 1. The molecular formula is C16H20ClN3. The van der Waals surface area contributed by atoms with Gasteiger partial charge in [-0.1, -0.05) is 24.4 Å². The monoisotopic (exact) mass is 289 g/mol. The second kappa shape index (κ2) is 5.98. The number of hydrogen-bond acceptors (Lipinski definition) is 3. The maximum absolute atomic E-state index is 6.21. The number of pyridine rings is 1. The number of rotatable bonds is 3. The zero-order valence-corrected chi connectivity index (χ0v) is 12.2. The molecule has 0 radical (unpaired) electrons. The summed E-state index contributed by atoms with van der Waals surface area (Å²) >= 11 is 6.01. The van der Waals surface area contributed by atoms with Crippen LogP contribution in [0.25, 0.3) is 10.9 Å². The molecule has 0 spiro atoms. The molecule has 1 fully saturated rings. The van der Waals surface area contributed by atoms with Gasteiger partial charge >= 0.3 is 0 Å². The molecule has 0 bridgehead atoms. The van der Waals surface area contributed by atoms with Crippen molar-refractivity contribution < 1.29 is 0 Å². The summed E-state index contributed by atoms with van der Waals surface area (Å²) in [6.07, 6.45) is 6.77. The molecule has 3 N–H and O–H groups in total. The standard InChI is InChI=1S/C16H20ClN3/c17-12-5-6-13-15(7-8-19-16(13)9-12)20-10-11-3-1-2-4-14(11)18/h5-9,11,14H,1-4,10,18H2,(H,19,20). The van der Waals surface area contributed by atoms with Gasteiger partial charge in [-0.15, -0.1) is 0 Å². The predicted molar refractivity (Wildman–Crippen MR) is 85.2 cm³/mol. The van der Waals surface area contributed by atoms with Crippen LogP contribution in [-0.2, 0) is 0 Å². The largest absolute Gasteiger partial charge is 0.384 e. The van der Waals surface area contributed by atoms with Crippen molar-refractivity contribution in [3.8, 4) is 0 Å². The fourth-order valence-electron chi connectivity index (χ4n) is 3.01. The predicted octanol–water partition coefficient (Wildman–Crippen LogP) is 3.82. The molecule has 0 saturated heterocycles. The van der Waals surface area contributed by atoms with E-state index in [4.69, 9.17) is 17.3 Å². The number of hydrogen-bond donors (Lipinski definition) is 2. The smallest absolute Gasteiger partial charge is 0.0737 e. The third-order valence-electron chi connectivity index (χ3n) is 4.23. The fraction of sp³-hybridized carbons (Fsp3) is 0.438. The summed E-state index contributed by atoms with van der Waals surface area (Å²) in [4.78, 5) is 4.36. The summed E-state index contributed by atoms with van der Waals surface area (Å²) in [6.45, 7) is 0.933. The molecule has 3 rings (SSSR count). The Kier molecular flexibility index (Phi) is 4.08. The third kappa shape index (κ3) is 2.89. The second-order valence-electron chi connectivity index (χ2n) is 5.61. The lowest BCUT2D eigenvalue weighted by Gasteiger charge is -2.29. The van der Waals surface area contributed by atoms with Crippen LogP contribution < -0.4 is 11.1 Å². The topological polar surface area (TPSA) is 50.9 Å².